The van der Waals surface area contributed by atoms with E-state index in [-0.39, 0.29) is 11.2 Å². The van der Waals surface area contributed by atoms with Crippen molar-refractivity contribution in [2.75, 3.05) is 6.61 Å². The first-order valence-electron chi connectivity index (χ1n) is 9.95. The summed E-state index contributed by atoms with van der Waals surface area (Å²) in [5.41, 5.74) is 4.88. The van der Waals surface area contributed by atoms with Gasteiger partial charge in [-0.05, 0) is 42.8 Å². The van der Waals surface area contributed by atoms with Crippen LogP contribution in [0.1, 0.15) is 53.5 Å². The Balaban J connectivity index is 1.54. The number of amides is 2. The molecule has 0 radical (unpaired) electrons. The minimum absolute atomic E-state index is 0.189. The van der Waals surface area contributed by atoms with Gasteiger partial charge in [-0.25, -0.2) is 0 Å². The van der Waals surface area contributed by atoms with Gasteiger partial charge in [-0.1, -0.05) is 38.3 Å². The summed E-state index contributed by atoms with van der Waals surface area (Å²) in [7, 11) is 0. The zero-order valence-corrected chi connectivity index (χ0v) is 16.8. The number of hydrazine groups is 1. The van der Waals surface area contributed by atoms with Gasteiger partial charge in [-0.3, -0.25) is 25.2 Å². The third-order valence-electron chi connectivity index (χ3n) is 4.53. The molecule has 0 aliphatic rings. The molecule has 0 fully saturated rings. The van der Waals surface area contributed by atoms with E-state index in [4.69, 9.17) is 9.15 Å². The zero-order valence-electron chi connectivity index (χ0n) is 16.8. The van der Waals surface area contributed by atoms with Crippen LogP contribution in [0.4, 0.5) is 0 Å². The summed E-state index contributed by atoms with van der Waals surface area (Å²) in [6.07, 6.45) is 4.49. The Labute approximate surface area is 174 Å². The molecular formula is C23H24N2O5. The minimum Gasteiger partial charge on any atom is -0.494 e. The van der Waals surface area contributed by atoms with Gasteiger partial charge in [0.15, 0.2) is 11.2 Å². The van der Waals surface area contributed by atoms with E-state index < -0.39 is 11.8 Å². The first kappa shape index (κ1) is 21.1. The second-order valence-corrected chi connectivity index (χ2v) is 6.81. The third-order valence-corrected chi connectivity index (χ3v) is 4.53. The first-order valence-corrected chi connectivity index (χ1v) is 9.95. The van der Waals surface area contributed by atoms with Gasteiger partial charge in [-0.15, -0.1) is 0 Å². The SMILES string of the molecule is CCCCCCOc1ccc(C(=O)NNC(=O)c2cc(=O)c3ccccc3o2)cc1. The average Bonchev–Trinajstić information content (AvgIpc) is 2.77. The quantitative estimate of drug-likeness (QED) is 0.436. The van der Waals surface area contributed by atoms with Gasteiger partial charge in [0, 0.05) is 11.6 Å². The normalized spacial score (nSPS) is 10.6. The van der Waals surface area contributed by atoms with Crippen LogP contribution in [0.2, 0.25) is 0 Å². The van der Waals surface area contributed by atoms with Crippen LogP contribution in [-0.2, 0) is 0 Å². The van der Waals surface area contributed by atoms with Crippen molar-refractivity contribution in [2.24, 2.45) is 0 Å². The number of fused-ring (bicyclic) bond motifs is 1. The van der Waals surface area contributed by atoms with Gasteiger partial charge in [0.2, 0.25) is 0 Å². The maximum atomic E-state index is 12.2. The average molecular weight is 408 g/mol. The number of hydrogen-bond acceptors (Lipinski definition) is 5. The molecule has 7 nitrogen and oxygen atoms in total. The molecule has 0 unspecified atom stereocenters. The fraction of sp³-hybridized carbons (Fsp3) is 0.261. The van der Waals surface area contributed by atoms with Crippen LogP contribution in [0.15, 0.2) is 63.8 Å². The van der Waals surface area contributed by atoms with Gasteiger partial charge >= 0.3 is 5.91 Å². The smallest absolute Gasteiger partial charge is 0.305 e. The summed E-state index contributed by atoms with van der Waals surface area (Å²) < 4.78 is 11.1. The molecule has 1 heterocycles. The van der Waals surface area contributed by atoms with E-state index in [1.165, 1.54) is 12.8 Å². The molecular weight excluding hydrogens is 384 g/mol. The highest BCUT2D eigenvalue weighted by molar-refractivity contribution is 5.98. The molecule has 0 saturated carbocycles. The molecule has 7 heteroatoms. The van der Waals surface area contributed by atoms with Gasteiger partial charge in [0.1, 0.15) is 11.3 Å². The van der Waals surface area contributed by atoms with Gasteiger partial charge in [-0.2, -0.15) is 0 Å². The summed E-state index contributed by atoms with van der Waals surface area (Å²) in [6.45, 7) is 2.79. The highest BCUT2D eigenvalue weighted by Gasteiger charge is 2.14. The molecule has 0 atom stereocenters. The highest BCUT2D eigenvalue weighted by Crippen LogP contribution is 2.14. The second kappa shape index (κ2) is 10.2. The Morgan fingerprint density at radius 2 is 1.67 bits per heavy atom. The molecule has 0 bridgehead atoms. The first-order chi connectivity index (χ1) is 14.6. The van der Waals surface area contributed by atoms with Crippen LogP contribution < -0.4 is 21.0 Å². The van der Waals surface area contributed by atoms with E-state index in [1.54, 1.807) is 48.5 Å². The molecule has 0 saturated heterocycles. The summed E-state index contributed by atoms with van der Waals surface area (Å²) in [5, 5.41) is 0.380. The van der Waals surface area contributed by atoms with Gasteiger partial charge in [0.25, 0.3) is 5.91 Å². The van der Waals surface area contributed by atoms with Crippen molar-refractivity contribution in [2.45, 2.75) is 32.6 Å². The Kier molecular flexibility index (Phi) is 7.21. The Hall–Kier alpha value is -3.61. The van der Waals surface area contributed by atoms with E-state index in [0.29, 0.717) is 28.9 Å². The number of rotatable bonds is 8. The van der Waals surface area contributed by atoms with Crippen molar-refractivity contribution >= 4 is 22.8 Å². The molecule has 3 rings (SSSR count). The molecule has 2 N–H and O–H groups in total. The summed E-state index contributed by atoms with van der Waals surface area (Å²) in [6, 6.07) is 14.4. The fourth-order valence-electron chi connectivity index (χ4n) is 2.88. The lowest BCUT2D eigenvalue weighted by molar-refractivity contribution is 0.0831. The fourth-order valence-corrected chi connectivity index (χ4v) is 2.88. The van der Waals surface area contributed by atoms with Crippen LogP contribution in [0.25, 0.3) is 11.0 Å². The molecule has 1 aromatic heterocycles. The largest absolute Gasteiger partial charge is 0.494 e. The van der Waals surface area contributed by atoms with E-state index in [1.807, 2.05) is 0 Å². The van der Waals surface area contributed by atoms with E-state index in [2.05, 4.69) is 17.8 Å². The van der Waals surface area contributed by atoms with Crippen molar-refractivity contribution < 1.29 is 18.7 Å². The number of carbonyl (C=O) groups is 2. The number of carbonyl (C=O) groups excluding carboxylic acids is 2. The number of ether oxygens (including phenoxy) is 1. The zero-order chi connectivity index (χ0) is 21.3. The van der Waals surface area contributed by atoms with Crippen LogP contribution in [-0.4, -0.2) is 18.4 Å². The van der Waals surface area contributed by atoms with Crippen LogP contribution >= 0.6 is 0 Å². The number of para-hydroxylation sites is 1. The maximum Gasteiger partial charge on any atom is 0.305 e. The molecule has 2 amide bonds. The number of unbranched alkanes of at least 4 members (excludes halogenated alkanes) is 3. The molecule has 156 valence electrons. The number of nitrogens with one attached hydrogen (secondary N) is 2. The Morgan fingerprint density at radius 1 is 0.933 bits per heavy atom. The van der Waals surface area contributed by atoms with E-state index >= 15 is 0 Å². The predicted molar refractivity (Wildman–Crippen MR) is 113 cm³/mol. The molecule has 0 spiro atoms. The molecule has 0 aliphatic heterocycles. The van der Waals surface area contributed by atoms with Crippen LogP contribution in [0.3, 0.4) is 0 Å². The monoisotopic (exact) mass is 408 g/mol. The van der Waals surface area contributed by atoms with Gasteiger partial charge in [0.05, 0.1) is 12.0 Å². The number of benzene rings is 2. The van der Waals surface area contributed by atoms with Crippen molar-refractivity contribution in [3.63, 3.8) is 0 Å². The van der Waals surface area contributed by atoms with E-state index in [9.17, 15) is 14.4 Å². The lowest BCUT2D eigenvalue weighted by atomic mass is 10.2. The lowest BCUT2D eigenvalue weighted by Gasteiger charge is -2.09. The summed E-state index contributed by atoms with van der Waals surface area (Å²) >= 11 is 0. The summed E-state index contributed by atoms with van der Waals surface area (Å²) in [4.78, 5) is 36.6. The maximum absolute atomic E-state index is 12.2. The second-order valence-electron chi connectivity index (χ2n) is 6.81. The van der Waals surface area contributed by atoms with Crippen molar-refractivity contribution in [1.82, 2.24) is 10.9 Å². The van der Waals surface area contributed by atoms with Crippen LogP contribution in [0, 0.1) is 0 Å². The molecule has 2 aromatic carbocycles. The minimum atomic E-state index is -0.724. The van der Waals surface area contributed by atoms with Crippen LogP contribution in [0.5, 0.6) is 5.75 Å². The van der Waals surface area contributed by atoms with Gasteiger partial charge < -0.3 is 9.15 Å². The lowest BCUT2D eigenvalue weighted by Crippen LogP contribution is -2.41. The third kappa shape index (κ3) is 5.47. The Bertz CT molecular complexity index is 1070. The van der Waals surface area contributed by atoms with Crippen molar-refractivity contribution in [3.05, 3.63) is 76.1 Å². The van der Waals surface area contributed by atoms with Crippen molar-refractivity contribution in [3.8, 4) is 5.75 Å². The molecule has 3 aromatic rings. The van der Waals surface area contributed by atoms with Crippen molar-refractivity contribution in [1.29, 1.82) is 0 Å². The highest BCUT2D eigenvalue weighted by atomic mass is 16.5. The molecule has 0 aliphatic carbocycles. The Morgan fingerprint density at radius 3 is 2.43 bits per heavy atom. The standard InChI is InChI=1S/C23H24N2O5/c1-2-3-4-7-14-29-17-12-10-16(11-13-17)22(27)24-25-23(28)21-15-19(26)18-8-5-6-9-20(18)30-21/h5-6,8-13,15H,2-4,7,14H2,1H3,(H,24,27)(H,25,28). The molecule has 30 heavy (non-hydrogen) atoms. The summed E-state index contributed by atoms with van der Waals surface area (Å²) in [5.74, 6) is -0.727. The van der Waals surface area contributed by atoms with E-state index in [0.717, 1.165) is 18.9 Å². The number of hydrogen-bond donors (Lipinski definition) is 2. The predicted octanol–water partition coefficient (Wildman–Crippen LogP) is 3.83. The topological polar surface area (TPSA) is 97.6 Å².